The van der Waals surface area contributed by atoms with E-state index in [0.717, 1.165) is 23.4 Å². The molecule has 0 spiro atoms. The molecule has 2 aromatic carbocycles. The zero-order chi connectivity index (χ0) is 17.6. The molecule has 1 aliphatic heterocycles. The number of hydrogen-bond donors (Lipinski definition) is 2. The lowest BCUT2D eigenvalue weighted by atomic mass is 9.76. The van der Waals surface area contributed by atoms with Crippen LogP contribution in [-0.4, -0.2) is 18.2 Å². The van der Waals surface area contributed by atoms with Gasteiger partial charge in [0, 0.05) is 11.6 Å². The quantitative estimate of drug-likeness (QED) is 0.809. The average molecular weight is 335 g/mol. The average Bonchev–Trinajstić information content (AvgIpc) is 3.11. The predicted octanol–water partition coefficient (Wildman–Crippen LogP) is 4.53. The minimum Gasteiger partial charge on any atom is -0.497 e. The van der Waals surface area contributed by atoms with Crippen molar-refractivity contribution in [2.24, 2.45) is 5.92 Å². The van der Waals surface area contributed by atoms with Crippen molar-refractivity contribution in [1.29, 1.82) is 0 Å². The lowest BCUT2D eigenvalue weighted by Crippen LogP contribution is -2.30. The van der Waals surface area contributed by atoms with Crippen molar-refractivity contribution in [3.63, 3.8) is 0 Å². The molecule has 2 aromatic rings. The molecule has 4 heteroatoms. The second kappa shape index (κ2) is 5.96. The smallest absolute Gasteiger partial charge is 0.336 e. The number of allylic oxidation sites excluding steroid dienone is 2. The highest BCUT2D eigenvalue weighted by Gasteiger charge is 2.39. The van der Waals surface area contributed by atoms with Crippen molar-refractivity contribution in [2.45, 2.75) is 25.3 Å². The maximum Gasteiger partial charge on any atom is 0.336 e. The fourth-order valence-electron chi connectivity index (χ4n) is 4.21. The van der Waals surface area contributed by atoms with Gasteiger partial charge in [0.25, 0.3) is 0 Å². The normalized spacial score (nSPS) is 23.5. The molecule has 2 N–H and O–H groups in total. The number of carboxylic acid groups (broad SMARTS) is 1. The Bertz CT molecular complexity index is 871. The summed E-state index contributed by atoms with van der Waals surface area (Å²) in [6.45, 7) is 1.89. The van der Waals surface area contributed by atoms with Crippen LogP contribution in [0.15, 0.2) is 48.6 Å². The maximum absolute atomic E-state index is 11.5. The van der Waals surface area contributed by atoms with E-state index in [1.165, 1.54) is 11.1 Å². The number of carbonyl (C=O) groups is 1. The van der Waals surface area contributed by atoms with Gasteiger partial charge < -0.3 is 15.2 Å². The van der Waals surface area contributed by atoms with Crippen LogP contribution in [-0.2, 0) is 0 Å². The van der Waals surface area contributed by atoms with E-state index in [1.807, 2.05) is 25.1 Å². The first-order chi connectivity index (χ1) is 12.1. The summed E-state index contributed by atoms with van der Waals surface area (Å²) in [5, 5.41) is 13.1. The Morgan fingerprint density at radius 1 is 1.28 bits per heavy atom. The van der Waals surface area contributed by atoms with Crippen molar-refractivity contribution in [1.82, 2.24) is 0 Å². The van der Waals surface area contributed by atoms with E-state index in [1.54, 1.807) is 13.2 Å². The van der Waals surface area contributed by atoms with Crippen molar-refractivity contribution in [2.75, 3.05) is 12.4 Å². The van der Waals surface area contributed by atoms with Gasteiger partial charge in [0.05, 0.1) is 18.7 Å². The van der Waals surface area contributed by atoms with Crippen LogP contribution >= 0.6 is 0 Å². The summed E-state index contributed by atoms with van der Waals surface area (Å²) in [7, 11) is 1.67. The van der Waals surface area contributed by atoms with E-state index in [2.05, 4.69) is 29.6 Å². The number of rotatable bonds is 3. The lowest BCUT2D eigenvalue weighted by molar-refractivity contribution is 0.0696. The van der Waals surface area contributed by atoms with Gasteiger partial charge in [-0.3, -0.25) is 0 Å². The molecule has 0 amide bonds. The summed E-state index contributed by atoms with van der Waals surface area (Å²) in [5.74, 6) is 0.691. The van der Waals surface area contributed by atoms with Gasteiger partial charge in [0.1, 0.15) is 5.75 Å². The van der Waals surface area contributed by atoms with Crippen LogP contribution in [0, 0.1) is 12.8 Å². The van der Waals surface area contributed by atoms with Gasteiger partial charge in [-0.05, 0) is 54.2 Å². The standard InChI is InChI=1S/C21H21NO3/c1-12-15(21(23)24)9-10-18-16-7-4-8-17(16)20(22-19(12)18)13-5-3-6-14(11-13)25-2/h3-7,9-11,16-17,20,22H,8H2,1-2H3,(H,23,24)/t16?,17?,20-/m1/s1. The number of benzene rings is 2. The fourth-order valence-corrected chi connectivity index (χ4v) is 4.21. The Labute approximate surface area is 147 Å². The Kier molecular flexibility index (Phi) is 3.75. The lowest BCUT2D eigenvalue weighted by Gasteiger charge is -2.38. The predicted molar refractivity (Wildman–Crippen MR) is 97.5 cm³/mol. The van der Waals surface area contributed by atoms with E-state index >= 15 is 0 Å². The van der Waals surface area contributed by atoms with Gasteiger partial charge >= 0.3 is 5.97 Å². The number of fused-ring (bicyclic) bond motifs is 3. The van der Waals surface area contributed by atoms with Gasteiger partial charge in [-0.2, -0.15) is 0 Å². The third-order valence-corrected chi connectivity index (χ3v) is 5.48. The van der Waals surface area contributed by atoms with Crippen LogP contribution in [0.25, 0.3) is 0 Å². The highest BCUT2D eigenvalue weighted by atomic mass is 16.5. The third-order valence-electron chi connectivity index (χ3n) is 5.48. The van der Waals surface area contributed by atoms with Gasteiger partial charge in [0.15, 0.2) is 0 Å². The van der Waals surface area contributed by atoms with Gasteiger partial charge in [-0.25, -0.2) is 4.79 Å². The van der Waals surface area contributed by atoms with Crippen LogP contribution in [0.1, 0.15) is 45.4 Å². The number of nitrogens with one attached hydrogen (secondary N) is 1. The molecule has 0 radical (unpaired) electrons. The number of methoxy groups -OCH3 is 1. The van der Waals surface area contributed by atoms with Crippen LogP contribution in [0.5, 0.6) is 5.75 Å². The monoisotopic (exact) mass is 335 g/mol. The molecule has 0 saturated heterocycles. The number of ether oxygens (including phenoxy) is 1. The minimum absolute atomic E-state index is 0.130. The minimum atomic E-state index is -0.885. The molecule has 25 heavy (non-hydrogen) atoms. The van der Waals surface area contributed by atoms with E-state index < -0.39 is 5.97 Å². The molecule has 3 atom stereocenters. The molecule has 0 saturated carbocycles. The molecule has 128 valence electrons. The number of hydrogen-bond acceptors (Lipinski definition) is 3. The topological polar surface area (TPSA) is 58.6 Å². The summed E-state index contributed by atoms with van der Waals surface area (Å²) >= 11 is 0. The molecule has 4 nitrogen and oxygen atoms in total. The molecule has 2 unspecified atom stereocenters. The molecule has 0 aromatic heterocycles. The van der Waals surface area contributed by atoms with Gasteiger partial charge in [-0.1, -0.05) is 30.4 Å². The first kappa shape index (κ1) is 15.8. The molecule has 1 heterocycles. The van der Waals surface area contributed by atoms with E-state index in [-0.39, 0.29) is 6.04 Å². The summed E-state index contributed by atoms with van der Waals surface area (Å²) in [6.07, 6.45) is 5.51. The number of carboxylic acids is 1. The first-order valence-corrected chi connectivity index (χ1v) is 8.54. The Morgan fingerprint density at radius 2 is 2.12 bits per heavy atom. The van der Waals surface area contributed by atoms with Crippen molar-refractivity contribution < 1.29 is 14.6 Å². The van der Waals surface area contributed by atoms with Crippen molar-refractivity contribution in [3.8, 4) is 5.75 Å². The summed E-state index contributed by atoms with van der Waals surface area (Å²) < 4.78 is 5.38. The van der Waals surface area contributed by atoms with E-state index in [9.17, 15) is 9.90 Å². The zero-order valence-electron chi connectivity index (χ0n) is 14.3. The Hall–Kier alpha value is -2.75. The molecular formula is C21H21NO3. The van der Waals surface area contributed by atoms with Crippen molar-refractivity contribution >= 4 is 11.7 Å². The molecule has 0 fully saturated rings. The van der Waals surface area contributed by atoms with Crippen molar-refractivity contribution in [3.05, 3.63) is 70.8 Å². The molecule has 4 rings (SSSR count). The number of aromatic carboxylic acids is 1. The van der Waals surface area contributed by atoms with Gasteiger partial charge in [0.2, 0.25) is 0 Å². The maximum atomic E-state index is 11.5. The fraction of sp³-hybridized carbons (Fsp3) is 0.286. The zero-order valence-corrected chi connectivity index (χ0v) is 14.3. The van der Waals surface area contributed by atoms with E-state index in [4.69, 9.17) is 4.74 Å². The number of anilines is 1. The Balaban J connectivity index is 1.83. The summed E-state index contributed by atoms with van der Waals surface area (Å²) in [6, 6.07) is 11.9. The highest BCUT2D eigenvalue weighted by molar-refractivity contribution is 5.92. The van der Waals surface area contributed by atoms with Crippen LogP contribution in [0.3, 0.4) is 0 Å². The van der Waals surface area contributed by atoms with E-state index in [0.29, 0.717) is 17.4 Å². The SMILES string of the molecule is COc1cccc([C@H]2Nc3c(ccc(C(=O)O)c3C)C3C=CCC32)c1. The van der Waals surface area contributed by atoms with Crippen LogP contribution < -0.4 is 10.1 Å². The van der Waals surface area contributed by atoms with Crippen LogP contribution in [0.2, 0.25) is 0 Å². The molecule has 2 aliphatic rings. The van der Waals surface area contributed by atoms with Gasteiger partial charge in [-0.15, -0.1) is 0 Å². The molecule has 0 bridgehead atoms. The highest BCUT2D eigenvalue weighted by Crippen LogP contribution is 2.51. The second-order valence-corrected chi connectivity index (χ2v) is 6.76. The van der Waals surface area contributed by atoms with Crippen LogP contribution in [0.4, 0.5) is 5.69 Å². The Morgan fingerprint density at radius 3 is 2.88 bits per heavy atom. The molecule has 1 aliphatic carbocycles. The second-order valence-electron chi connectivity index (χ2n) is 6.76. The summed E-state index contributed by atoms with van der Waals surface area (Å²) in [5.41, 5.74) is 4.48. The first-order valence-electron chi connectivity index (χ1n) is 8.54. The molecular weight excluding hydrogens is 314 g/mol. The summed E-state index contributed by atoms with van der Waals surface area (Å²) in [4.78, 5) is 11.5. The largest absolute Gasteiger partial charge is 0.497 e. The third kappa shape index (κ3) is 2.49.